The maximum absolute atomic E-state index is 14.6. The van der Waals surface area contributed by atoms with Crippen LogP contribution in [0.1, 0.15) is 63.4 Å². The molecule has 1 aliphatic rings. The number of aryl methyl sites for hydroxylation is 1. The van der Waals surface area contributed by atoms with E-state index in [4.69, 9.17) is 0 Å². The molecule has 1 atom stereocenters. The highest BCUT2D eigenvalue weighted by Crippen LogP contribution is 2.38. The van der Waals surface area contributed by atoms with E-state index in [-0.39, 0.29) is 17.5 Å². The lowest BCUT2D eigenvalue weighted by Gasteiger charge is -2.35. The summed E-state index contributed by atoms with van der Waals surface area (Å²) in [6.45, 7) is 2.89. The molecule has 8 rings (SSSR count). The van der Waals surface area contributed by atoms with E-state index in [9.17, 15) is 16.8 Å². The van der Waals surface area contributed by atoms with E-state index in [1.54, 1.807) is 41.7 Å². The van der Waals surface area contributed by atoms with Crippen LogP contribution in [0, 0.1) is 0 Å². The molecule has 0 radical (unpaired) electrons. The molecule has 7 aromatic rings. The molecular formula is C53H54N4O4S2. The van der Waals surface area contributed by atoms with Gasteiger partial charge in [0.05, 0.1) is 15.8 Å². The predicted octanol–water partition coefficient (Wildman–Crippen LogP) is 10.0. The number of hydrogen-bond acceptors (Lipinski definition) is 6. The van der Waals surface area contributed by atoms with Crippen molar-refractivity contribution in [1.29, 1.82) is 0 Å². The third-order valence-corrected chi connectivity index (χ3v) is 15.4. The Balaban J connectivity index is 0.884. The molecule has 1 aliphatic carbocycles. The summed E-state index contributed by atoms with van der Waals surface area (Å²) in [5.41, 5.74) is 10.3. The third-order valence-electron chi connectivity index (χ3n) is 11.8. The van der Waals surface area contributed by atoms with Crippen molar-refractivity contribution in [3.8, 4) is 11.1 Å². The number of nitrogens with one attached hydrogen (secondary N) is 2. The lowest BCUT2D eigenvalue weighted by atomic mass is 9.87. The third kappa shape index (κ3) is 10.9. The molecule has 0 saturated carbocycles. The van der Waals surface area contributed by atoms with Gasteiger partial charge in [0.1, 0.15) is 0 Å². The van der Waals surface area contributed by atoms with Crippen LogP contribution in [0.5, 0.6) is 0 Å². The molecule has 0 amide bonds. The van der Waals surface area contributed by atoms with Crippen molar-refractivity contribution in [2.24, 2.45) is 0 Å². The Morgan fingerprint density at radius 3 is 1.63 bits per heavy atom. The first kappa shape index (κ1) is 43.9. The Bertz CT molecular complexity index is 2840. The van der Waals surface area contributed by atoms with Crippen LogP contribution in [0.2, 0.25) is 0 Å². The molecule has 63 heavy (non-hydrogen) atoms. The summed E-state index contributed by atoms with van der Waals surface area (Å²) in [5.74, 6) is 0. The van der Waals surface area contributed by atoms with Crippen molar-refractivity contribution in [3.05, 3.63) is 226 Å². The van der Waals surface area contributed by atoms with Crippen LogP contribution in [0.15, 0.2) is 192 Å². The number of benzene rings is 7. The van der Waals surface area contributed by atoms with E-state index in [0.29, 0.717) is 37.6 Å². The number of nitrogens with zero attached hydrogens (tertiary/aromatic N) is 2. The normalized spacial score (nSPS) is 14.2. The predicted molar refractivity (Wildman–Crippen MR) is 252 cm³/mol. The molecule has 0 fully saturated rings. The van der Waals surface area contributed by atoms with Crippen LogP contribution in [-0.2, 0) is 65.7 Å². The van der Waals surface area contributed by atoms with Gasteiger partial charge in [0.25, 0.3) is 0 Å². The molecule has 0 aromatic heterocycles. The van der Waals surface area contributed by atoms with E-state index in [1.165, 1.54) is 15.4 Å². The summed E-state index contributed by atoms with van der Waals surface area (Å²) in [5, 5.41) is 6.92. The van der Waals surface area contributed by atoms with E-state index >= 15 is 0 Å². The number of rotatable bonds is 18. The minimum absolute atomic E-state index is 0.240. The van der Waals surface area contributed by atoms with Gasteiger partial charge in [-0.1, -0.05) is 152 Å². The van der Waals surface area contributed by atoms with Gasteiger partial charge in [-0.15, -0.1) is 0 Å². The highest BCUT2D eigenvalue weighted by molar-refractivity contribution is 7.89. The van der Waals surface area contributed by atoms with Crippen molar-refractivity contribution in [2.45, 2.75) is 74.4 Å². The zero-order valence-electron chi connectivity index (χ0n) is 35.6. The molecule has 10 heteroatoms. The lowest BCUT2D eigenvalue weighted by molar-refractivity contribution is 0.287. The Labute approximate surface area is 373 Å². The largest absolute Gasteiger partial charge is 0.309 e. The van der Waals surface area contributed by atoms with E-state index in [1.807, 2.05) is 109 Å². The van der Waals surface area contributed by atoms with Gasteiger partial charge in [0.15, 0.2) is 0 Å². The molecule has 8 nitrogen and oxygen atoms in total. The molecule has 0 aliphatic heterocycles. The summed E-state index contributed by atoms with van der Waals surface area (Å²) in [6, 6.07) is 58.7. The van der Waals surface area contributed by atoms with Crippen LogP contribution in [0.3, 0.4) is 0 Å². The second-order valence-corrected chi connectivity index (χ2v) is 20.2. The van der Waals surface area contributed by atoms with Crippen molar-refractivity contribution >= 4 is 20.0 Å². The smallest absolute Gasteiger partial charge is 0.243 e. The summed E-state index contributed by atoms with van der Waals surface area (Å²) < 4.78 is 59.5. The minimum Gasteiger partial charge on any atom is -0.309 e. The monoisotopic (exact) mass is 874 g/mol. The minimum atomic E-state index is -3.85. The Hall–Kier alpha value is -5.72. The molecule has 0 heterocycles. The Morgan fingerprint density at radius 2 is 0.984 bits per heavy atom. The number of sulfonamides is 2. The average Bonchev–Trinajstić information content (AvgIpc) is 3.32. The second-order valence-electron chi connectivity index (χ2n) is 16.3. The summed E-state index contributed by atoms with van der Waals surface area (Å²) >= 11 is 0. The van der Waals surface area contributed by atoms with Gasteiger partial charge in [0, 0.05) is 46.3 Å². The van der Waals surface area contributed by atoms with E-state index in [2.05, 4.69) is 53.1 Å². The van der Waals surface area contributed by atoms with Gasteiger partial charge in [-0.3, -0.25) is 0 Å². The molecule has 322 valence electrons. The second kappa shape index (κ2) is 20.2. The van der Waals surface area contributed by atoms with Gasteiger partial charge >= 0.3 is 0 Å². The van der Waals surface area contributed by atoms with Gasteiger partial charge in [-0.05, 0) is 105 Å². The molecule has 2 N–H and O–H groups in total. The van der Waals surface area contributed by atoms with E-state index < -0.39 is 20.0 Å². The maximum atomic E-state index is 14.6. The molecule has 1 unspecified atom stereocenters. The first-order chi connectivity index (χ1) is 30.6. The van der Waals surface area contributed by atoms with E-state index in [0.717, 1.165) is 63.8 Å². The van der Waals surface area contributed by atoms with Crippen LogP contribution in [-0.4, -0.2) is 32.5 Å². The quantitative estimate of drug-likeness (QED) is 0.0891. The van der Waals surface area contributed by atoms with Crippen molar-refractivity contribution in [3.63, 3.8) is 0 Å². The Morgan fingerprint density at radius 1 is 0.476 bits per heavy atom. The van der Waals surface area contributed by atoms with Crippen LogP contribution in [0.25, 0.3) is 11.1 Å². The highest BCUT2D eigenvalue weighted by atomic mass is 32.2. The van der Waals surface area contributed by atoms with Crippen LogP contribution >= 0.6 is 0 Å². The highest BCUT2D eigenvalue weighted by Gasteiger charge is 2.35. The van der Waals surface area contributed by atoms with Gasteiger partial charge < -0.3 is 10.6 Å². The Kier molecular flexibility index (Phi) is 14.1. The van der Waals surface area contributed by atoms with Crippen molar-refractivity contribution in [1.82, 2.24) is 19.2 Å². The average molecular weight is 875 g/mol. The molecule has 0 bridgehead atoms. The van der Waals surface area contributed by atoms with Gasteiger partial charge in [0.2, 0.25) is 20.0 Å². The fraction of sp³-hybridized carbons (Fsp3) is 0.208. The molecular weight excluding hydrogens is 821 g/mol. The van der Waals surface area contributed by atoms with Crippen molar-refractivity contribution in [2.75, 3.05) is 7.05 Å². The molecule has 7 aromatic carbocycles. The summed E-state index contributed by atoms with van der Waals surface area (Å²) in [6.07, 6.45) is 2.67. The fourth-order valence-electron chi connectivity index (χ4n) is 8.40. The number of fused-ring (bicyclic) bond motifs is 1. The van der Waals surface area contributed by atoms with Gasteiger partial charge in [-0.25, -0.2) is 16.8 Å². The molecule has 0 saturated heterocycles. The van der Waals surface area contributed by atoms with Crippen molar-refractivity contribution < 1.29 is 16.8 Å². The maximum Gasteiger partial charge on any atom is 0.243 e. The molecule has 0 spiro atoms. The van der Waals surface area contributed by atoms with Crippen LogP contribution in [0.4, 0.5) is 0 Å². The topological polar surface area (TPSA) is 98.8 Å². The zero-order chi connectivity index (χ0) is 43.7. The standard InChI is InChI=1S/C53H54N4O4S2/c1-56(62(58,59)50-24-11-19-45(33-50)37-54-35-41-14-4-2-5-15-41)39-43-28-30-47(31-29-43)49-23-10-18-44(32-49)36-55-38-46-20-12-25-51(34-46)63(60,61)57(40-42-16-6-3-7-17-42)53-27-13-22-48-21-8-9-26-52(48)53/h2-12,14-21,23-26,28-34,53-55H,13,22,27,35-40H2,1H3. The zero-order valence-corrected chi connectivity index (χ0v) is 37.2. The van der Waals surface area contributed by atoms with Gasteiger partial charge in [-0.2, -0.15) is 8.61 Å². The lowest BCUT2D eigenvalue weighted by Crippen LogP contribution is -2.36. The first-order valence-corrected chi connectivity index (χ1v) is 24.4. The first-order valence-electron chi connectivity index (χ1n) is 21.5. The fourth-order valence-corrected chi connectivity index (χ4v) is 11.3. The SMILES string of the molecule is CN(Cc1ccc(-c2cccc(CNCc3cccc(S(=O)(=O)N(Cc4ccccc4)C4CCCc5ccccc54)c3)c2)cc1)S(=O)(=O)c1cccc(CNCc2ccccc2)c1. The van der Waals surface area contributed by atoms with Crippen LogP contribution < -0.4 is 10.6 Å². The summed E-state index contributed by atoms with van der Waals surface area (Å²) in [7, 11) is -5.94. The number of hydrogen-bond donors (Lipinski definition) is 2. The summed E-state index contributed by atoms with van der Waals surface area (Å²) in [4.78, 5) is 0.572.